The van der Waals surface area contributed by atoms with Gasteiger partial charge in [-0.05, 0) is 38.5 Å². The average molecular weight is 156 g/mol. The minimum absolute atomic E-state index is 0.0654. The van der Waals surface area contributed by atoms with Crippen molar-refractivity contribution >= 4 is 5.78 Å². The molecule has 64 valence electrons. The van der Waals surface area contributed by atoms with Crippen LogP contribution in [0.3, 0.4) is 0 Å². The van der Waals surface area contributed by atoms with Crippen LogP contribution in [0.4, 0.5) is 0 Å². The fourth-order valence-electron chi connectivity index (χ4n) is 1.59. The Kier molecular flexibility index (Phi) is 2.33. The van der Waals surface area contributed by atoms with Gasteiger partial charge in [0.15, 0.2) is 5.78 Å². The molecule has 1 aliphatic carbocycles. The van der Waals surface area contributed by atoms with Gasteiger partial charge in [-0.15, -0.1) is 0 Å². The first-order chi connectivity index (χ1) is 5.04. The summed E-state index contributed by atoms with van der Waals surface area (Å²) in [5.74, 6) is 0.610. The Balaban J connectivity index is 2.55. The molecule has 0 aromatic heterocycles. The third-order valence-corrected chi connectivity index (χ3v) is 2.76. The van der Waals surface area contributed by atoms with E-state index < -0.39 is 5.60 Å². The number of carbonyl (C=O) groups is 1. The lowest BCUT2D eigenvalue weighted by Crippen LogP contribution is -2.40. The van der Waals surface area contributed by atoms with Crippen LogP contribution in [0.5, 0.6) is 0 Å². The van der Waals surface area contributed by atoms with Crippen molar-refractivity contribution in [1.29, 1.82) is 0 Å². The number of hydrogen-bond donors (Lipinski definition) is 1. The Labute approximate surface area is 67.6 Å². The second-order valence-electron chi connectivity index (χ2n) is 3.77. The SMILES string of the molecule is CC(=O)[C@]1(O)CC[C@H](C)CC1. The second kappa shape index (κ2) is 2.94. The molecule has 0 radical (unpaired) electrons. The summed E-state index contributed by atoms with van der Waals surface area (Å²) in [6, 6.07) is 0. The van der Waals surface area contributed by atoms with Gasteiger partial charge in [-0.1, -0.05) is 6.92 Å². The zero-order valence-electron chi connectivity index (χ0n) is 7.26. The maximum Gasteiger partial charge on any atom is 0.161 e. The summed E-state index contributed by atoms with van der Waals surface area (Å²) >= 11 is 0. The molecule has 1 rings (SSSR count). The highest BCUT2D eigenvalue weighted by molar-refractivity contribution is 5.84. The van der Waals surface area contributed by atoms with E-state index in [1.165, 1.54) is 6.92 Å². The van der Waals surface area contributed by atoms with Crippen molar-refractivity contribution in [3.05, 3.63) is 0 Å². The zero-order valence-corrected chi connectivity index (χ0v) is 7.26. The molecule has 0 amide bonds. The van der Waals surface area contributed by atoms with E-state index in [-0.39, 0.29) is 5.78 Å². The normalized spacial score (nSPS) is 38.6. The quantitative estimate of drug-likeness (QED) is 0.625. The first kappa shape index (κ1) is 8.72. The molecule has 0 aliphatic heterocycles. The van der Waals surface area contributed by atoms with Crippen LogP contribution >= 0.6 is 0 Å². The summed E-state index contributed by atoms with van der Waals surface area (Å²) in [5, 5.41) is 9.72. The highest BCUT2D eigenvalue weighted by atomic mass is 16.3. The fourth-order valence-corrected chi connectivity index (χ4v) is 1.59. The molecule has 0 heterocycles. The summed E-state index contributed by atoms with van der Waals surface area (Å²) in [7, 11) is 0. The van der Waals surface area contributed by atoms with Gasteiger partial charge >= 0.3 is 0 Å². The molecule has 0 saturated heterocycles. The lowest BCUT2D eigenvalue weighted by molar-refractivity contribution is -0.139. The summed E-state index contributed by atoms with van der Waals surface area (Å²) in [5.41, 5.74) is -0.980. The standard InChI is InChI=1S/C9H16O2/c1-7-3-5-9(11,6-4-7)8(2)10/h7,11H,3-6H2,1-2H3/t7-,9-. The Morgan fingerprint density at radius 1 is 1.45 bits per heavy atom. The predicted molar refractivity (Wildman–Crippen MR) is 43.3 cm³/mol. The van der Waals surface area contributed by atoms with E-state index in [1.54, 1.807) is 0 Å². The van der Waals surface area contributed by atoms with E-state index in [4.69, 9.17) is 0 Å². The van der Waals surface area contributed by atoms with Crippen LogP contribution in [0, 0.1) is 5.92 Å². The molecule has 1 fully saturated rings. The predicted octanol–water partition coefficient (Wildman–Crippen LogP) is 1.52. The minimum Gasteiger partial charge on any atom is -0.382 e. The largest absolute Gasteiger partial charge is 0.382 e. The molecule has 2 nitrogen and oxygen atoms in total. The van der Waals surface area contributed by atoms with E-state index in [9.17, 15) is 9.90 Å². The van der Waals surface area contributed by atoms with Gasteiger partial charge in [-0.25, -0.2) is 0 Å². The molecule has 11 heavy (non-hydrogen) atoms. The van der Waals surface area contributed by atoms with E-state index in [2.05, 4.69) is 6.92 Å². The van der Waals surface area contributed by atoms with Crippen LogP contribution < -0.4 is 0 Å². The van der Waals surface area contributed by atoms with Gasteiger partial charge in [-0.3, -0.25) is 4.79 Å². The maximum absolute atomic E-state index is 11.0. The van der Waals surface area contributed by atoms with Crippen LogP contribution in [0.25, 0.3) is 0 Å². The van der Waals surface area contributed by atoms with E-state index in [1.807, 2.05) is 0 Å². The molecule has 1 N–H and O–H groups in total. The maximum atomic E-state index is 11.0. The fraction of sp³-hybridized carbons (Fsp3) is 0.889. The topological polar surface area (TPSA) is 37.3 Å². The molecule has 0 unspecified atom stereocenters. The molecule has 2 heteroatoms. The van der Waals surface area contributed by atoms with E-state index >= 15 is 0 Å². The number of ketones is 1. The Hall–Kier alpha value is -0.370. The number of hydrogen-bond acceptors (Lipinski definition) is 2. The number of carbonyl (C=O) groups excluding carboxylic acids is 1. The number of aliphatic hydroxyl groups is 1. The van der Waals surface area contributed by atoms with Crippen molar-refractivity contribution < 1.29 is 9.90 Å². The molecule has 0 aromatic rings. The van der Waals surface area contributed by atoms with Crippen molar-refractivity contribution in [2.24, 2.45) is 5.92 Å². The third kappa shape index (κ3) is 1.80. The van der Waals surface area contributed by atoms with E-state index in [0.717, 1.165) is 12.8 Å². The molecule has 1 aliphatic rings. The lowest BCUT2D eigenvalue weighted by atomic mass is 9.78. The van der Waals surface area contributed by atoms with Crippen molar-refractivity contribution in [2.75, 3.05) is 0 Å². The highest BCUT2D eigenvalue weighted by Crippen LogP contribution is 2.32. The first-order valence-electron chi connectivity index (χ1n) is 4.28. The molecule has 1 saturated carbocycles. The van der Waals surface area contributed by atoms with Crippen LogP contribution in [0.15, 0.2) is 0 Å². The van der Waals surface area contributed by atoms with Gasteiger partial charge in [-0.2, -0.15) is 0 Å². The molecule has 0 bridgehead atoms. The summed E-state index contributed by atoms with van der Waals surface area (Å²) in [6.07, 6.45) is 3.28. The second-order valence-corrected chi connectivity index (χ2v) is 3.77. The first-order valence-corrected chi connectivity index (χ1v) is 4.28. The summed E-state index contributed by atoms with van der Waals surface area (Å²) < 4.78 is 0. The van der Waals surface area contributed by atoms with E-state index in [0.29, 0.717) is 18.8 Å². The van der Waals surface area contributed by atoms with Gasteiger partial charge in [0.1, 0.15) is 5.60 Å². The van der Waals surface area contributed by atoms with Crippen molar-refractivity contribution in [3.63, 3.8) is 0 Å². The molecular formula is C9H16O2. The Bertz CT molecular complexity index is 155. The molecule has 0 atom stereocenters. The zero-order chi connectivity index (χ0) is 8.48. The Morgan fingerprint density at radius 2 is 1.91 bits per heavy atom. The molecule has 0 aromatic carbocycles. The average Bonchev–Trinajstić information content (AvgIpc) is 1.95. The van der Waals surface area contributed by atoms with Gasteiger partial charge < -0.3 is 5.11 Å². The molecule has 0 spiro atoms. The van der Waals surface area contributed by atoms with Crippen LogP contribution in [-0.4, -0.2) is 16.5 Å². The molecular weight excluding hydrogens is 140 g/mol. The van der Waals surface area contributed by atoms with Gasteiger partial charge in [0.25, 0.3) is 0 Å². The summed E-state index contributed by atoms with van der Waals surface area (Å²) in [4.78, 5) is 11.0. The van der Waals surface area contributed by atoms with Gasteiger partial charge in [0.05, 0.1) is 0 Å². The van der Waals surface area contributed by atoms with Crippen LogP contribution in [-0.2, 0) is 4.79 Å². The number of rotatable bonds is 1. The smallest absolute Gasteiger partial charge is 0.161 e. The van der Waals surface area contributed by atoms with Crippen molar-refractivity contribution in [1.82, 2.24) is 0 Å². The minimum atomic E-state index is -0.980. The number of Topliss-reactive ketones (excluding diaryl/α,β-unsaturated/α-hetero) is 1. The summed E-state index contributed by atoms with van der Waals surface area (Å²) in [6.45, 7) is 3.65. The van der Waals surface area contributed by atoms with Crippen molar-refractivity contribution in [3.8, 4) is 0 Å². The van der Waals surface area contributed by atoms with Crippen LogP contribution in [0.1, 0.15) is 39.5 Å². The monoisotopic (exact) mass is 156 g/mol. The third-order valence-electron chi connectivity index (χ3n) is 2.76. The highest BCUT2D eigenvalue weighted by Gasteiger charge is 2.35. The van der Waals surface area contributed by atoms with Crippen LogP contribution in [0.2, 0.25) is 0 Å². The van der Waals surface area contributed by atoms with Crippen molar-refractivity contribution in [2.45, 2.75) is 45.1 Å². The Morgan fingerprint density at radius 3 is 2.27 bits per heavy atom. The lowest BCUT2D eigenvalue weighted by Gasteiger charge is -2.32. The van der Waals surface area contributed by atoms with Gasteiger partial charge in [0, 0.05) is 0 Å². The van der Waals surface area contributed by atoms with Gasteiger partial charge in [0.2, 0.25) is 0 Å².